The highest BCUT2D eigenvalue weighted by molar-refractivity contribution is 5.75. The third-order valence-corrected chi connectivity index (χ3v) is 2.75. The van der Waals surface area contributed by atoms with E-state index in [-0.39, 0.29) is 18.4 Å². The van der Waals surface area contributed by atoms with Crippen LogP contribution in [-0.4, -0.2) is 27.8 Å². The van der Waals surface area contributed by atoms with Crippen LogP contribution in [-0.2, 0) is 29.2 Å². The molecule has 0 aliphatic carbocycles. The van der Waals surface area contributed by atoms with Gasteiger partial charge in [0.1, 0.15) is 12.9 Å². The maximum atomic E-state index is 11.8. The number of carbonyl (C=O) groups is 1. The van der Waals surface area contributed by atoms with E-state index in [0.717, 1.165) is 11.1 Å². The van der Waals surface area contributed by atoms with Gasteiger partial charge < -0.3 is 15.8 Å². The molecule has 2 rings (SSSR count). The van der Waals surface area contributed by atoms with Crippen LogP contribution in [0.25, 0.3) is 0 Å². The number of methoxy groups -OCH3 is 1. The summed E-state index contributed by atoms with van der Waals surface area (Å²) in [5.74, 6) is 0.00496. The number of nitrogens with zero attached hydrogens (tertiary/aromatic N) is 3. The van der Waals surface area contributed by atoms with E-state index in [2.05, 4.69) is 15.4 Å². The van der Waals surface area contributed by atoms with E-state index in [4.69, 9.17) is 10.5 Å². The molecular weight excluding hydrogens is 258 g/mol. The molecule has 0 saturated heterocycles. The predicted molar refractivity (Wildman–Crippen MR) is 73.4 cm³/mol. The van der Waals surface area contributed by atoms with E-state index in [9.17, 15) is 4.79 Å². The van der Waals surface area contributed by atoms with E-state index < -0.39 is 0 Å². The molecule has 7 heteroatoms. The van der Waals surface area contributed by atoms with Gasteiger partial charge in [-0.3, -0.25) is 4.79 Å². The van der Waals surface area contributed by atoms with Crippen molar-refractivity contribution in [1.82, 2.24) is 20.1 Å². The van der Waals surface area contributed by atoms with Gasteiger partial charge in [0.25, 0.3) is 0 Å². The van der Waals surface area contributed by atoms with Crippen molar-refractivity contribution in [3.05, 3.63) is 41.7 Å². The molecule has 2 aromatic rings. The summed E-state index contributed by atoms with van der Waals surface area (Å²) in [6, 6.07) is 7.81. The molecular formula is C13H17N5O2. The molecule has 0 aliphatic rings. The standard InChI is InChI=1S/C13H17N5O2/c1-20-8-11-5-3-2-4-10(11)6-15-12(19)7-18-9-16-13(14)17-18/h2-5,9H,6-8H2,1H3,(H2,14,17)(H,15,19). The maximum absolute atomic E-state index is 11.8. The highest BCUT2D eigenvalue weighted by Gasteiger charge is 2.06. The Bertz CT molecular complexity index is 582. The quantitative estimate of drug-likeness (QED) is 0.791. The molecule has 0 radical (unpaired) electrons. The number of nitrogens with two attached hydrogens (primary N) is 1. The van der Waals surface area contributed by atoms with Gasteiger partial charge in [0.05, 0.1) is 6.61 Å². The smallest absolute Gasteiger partial charge is 0.242 e. The van der Waals surface area contributed by atoms with Crippen LogP contribution in [0.15, 0.2) is 30.6 Å². The fraction of sp³-hybridized carbons (Fsp3) is 0.308. The second-order valence-corrected chi connectivity index (χ2v) is 4.28. The minimum Gasteiger partial charge on any atom is -0.380 e. The number of benzene rings is 1. The van der Waals surface area contributed by atoms with Crippen molar-refractivity contribution in [3.8, 4) is 0 Å². The molecule has 20 heavy (non-hydrogen) atoms. The molecule has 1 aromatic heterocycles. The van der Waals surface area contributed by atoms with Gasteiger partial charge in [-0.15, -0.1) is 5.10 Å². The van der Waals surface area contributed by atoms with E-state index in [1.165, 1.54) is 11.0 Å². The number of carbonyl (C=O) groups excluding carboxylic acids is 1. The molecule has 106 valence electrons. The van der Waals surface area contributed by atoms with E-state index >= 15 is 0 Å². The van der Waals surface area contributed by atoms with Crippen molar-refractivity contribution in [2.45, 2.75) is 19.7 Å². The molecule has 1 aromatic carbocycles. The van der Waals surface area contributed by atoms with Gasteiger partial charge in [0.15, 0.2) is 0 Å². The average molecular weight is 275 g/mol. The largest absolute Gasteiger partial charge is 0.380 e. The number of ether oxygens (including phenoxy) is 1. The summed E-state index contributed by atoms with van der Waals surface area (Å²) in [5.41, 5.74) is 7.47. The Morgan fingerprint density at radius 3 is 2.80 bits per heavy atom. The van der Waals surface area contributed by atoms with Crippen LogP contribution >= 0.6 is 0 Å². The molecule has 1 amide bonds. The number of nitrogen functional groups attached to an aromatic ring is 1. The monoisotopic (exact) mass is 275 g/mol. The molecule has 0 aliphatic heterocycles. The SMILES string of the molecule is COCc1ccccc1CNC(=O)Cn1cnc(N)n1. The van der Waals surface area contributed by atoms with Crippen molar-refractivity contribution >= 4 is 11.9 Å². The number of anilines is 1. The maximum Gasteiger partial charge on any atom is 0.242 e. The minimum atomic E-state index is -0.151. The van der Waals surface area contributed by atoms with Crippen molar-refractivity contribution in [1.29, 1.82) is 0 Å². The van der Waals surface area contributed by atoms with E-state index in [0.29, 0.717) is 13.2 Å². The summed E-state index contributed by atoms with van der Waals surface area (Å²) in [6.07, 6.45) is 1.42. The molecule has 0 unspecified atom stereocenters. The number of amides is 1. The molecule has 0 fully saturated rings. The van der Waals surface area contributed by atoms with Gasteiger partial charge in [-0.25, -0.2) is 9.67 Å². The highest BCUT2D eigenvalue weighted by atomic mass is 16.5. The number of hydrogen-bond acceptors (Lipinski definition) is 5. The van der Waals surface area contributed by atoms with E-state index in [1.807, 2.05) is 24.3 Å². The van der Waals surface area contributed by atoms with Crippen molar-refractivity contribution in [3.63, 3.8) is 0 Å². The first-order valence-corrected chi connectivity index (χ1v) is 6.16. The number of hydrogen-bond donors (Lipinski definition) is 2. The minimum absolute atomic E-state index is 0.0939. The third kappa shape index (κ3) is 3.79. The van der Waals surface area contributed by atoms with Gasteiger partial charge in [0.2, 0.25) is 11.9 Å². The van der Waals surface area contributed by atoms with Crippen LogP contribution in [0.3, 0.4) is 0 Å². The zero-order valence-electron chi connectivity index (χ0n) is 11.2. The van der Waals surface area contributed by atoms with Gasteiger partial charge in [-0.05, 0) is 11.1 Å². The van der Waals surface area contributed by atoms with Crippen LogP contribution in [0.1, 0.15) is 11.1 Å². The molecule has 1 heterocycles. The van der Waals surface area contributed by atoms with Crippen LogP contribution in [0, 0.1) is 0 Å². The highest BCUT2D eigenvalue weighted by Crippen LogP contribution is 2.09. The Morgan fingerprint density at radius 2 is 2.15 bits per heavy atom. The Balaban J connectivity index is 1.90. The van der Waals surface area contributed by atoms with Crippen LogP contribution in [0.5, 0.6) is 0 Å². The molecule has 0 saturated carbocycles. The zero-order chi connectivity index (χ0) is 14.4. The lowest BCUT2D eigenvalue weighted by atomic mass is 10.1. The Kier molecular flexibility index (Phi) is 4.67. The Hall–Kier alpha value is -2.41. The first-order chi connectivity index (χ1) is 9.69. The van der Waals surface area contributed by atoms with Crippen molar-refractivity contribution in [2.24, 2.45) is 0 Å². The van der Waals surface area contributed by atoms with E-state index in [1.54, 1.807) is 7.11 Å². The second-order valence-electron chi connectivity index (χ2n) is 4.28. The number of aromatic nitrogens is 3. The topological polar surface area (TPSA) is 95.1 Å². The molecule has 0 atom stereocenters. The molecule has 7 nitrogen and oxygen atoms in total. The molecule has 3 N–H and O–H groups in total. The number of rotatable bonds is 6. The van der Waals surface area contributed by atoms with Gasteiger partial charge >= 0.3 is 0 Å². The fourth-order valence-corrected chi connectivity index (χ4v) is 1.81. The average Bonchev–Trinajstić information content (AvgIpc) is 2.83. The lowest BCUT2D eigenvalue weighted by Gasteiger charge is -2.10. The number of nitrogens with one attached hydrogen (secondary N) is 1. The van der Waals surface area contributed by atoms with Crippen molar-refractivity contribution in [2.75, 3.05) is 12.8 Å². The lowest BCUT2D eigenvalue weighted by Crippen LogP contribution is -2.27. The van der Waals surface area contributed by atoms with Gasteiger partial charge in [-0.1, -0.05) is 24.3 Å². The predicted octanol–water partition coefficient (Wildman–Crippen LogP) is 0.323. The third-order valence-electron chi connectivity index (χ3n) is 2.75. The summed E-state index contributed by atoms with van der Waals surface area (Å²) in [7, 11) is 1.64. The summed E-state index contributed by atoms with van der Waals surface area (Å²) in [6.45, 7) is 1.06. The summed E-state index contributed by atoms with van der Waals surface area (Å²) in [5, 5.41) is 6.69. The van der Waals surface area contributed by atoms with Crippen LogP contribution < -0.4 is 11.1 Å². The lowest BCUT2D eigenvalue weighted by molar-refractivity contribution is -0.122. The Labute approximate surface area is 116 Å². The first-order valence-electron chi connectivity index (χ1n) is 6.16. The van der Waals surface area contributed by atoms with Crippen molar-refractivity contribution < 1.29 is 9.53 Å². The molecule has 0 bridgehead atoms. The Morgan fingerprint density at radius 1 is 1.40 bits per heavy atom. The zero-order valence-corrected chi connectivity index (χ0v) is 11.2. The first kappa shape index (κ1) is 14.0. The van der Waals surface area contributed by atoms with Crippen LogP contribution in [0.2, 0.25) is 0 Å². The summed E-state index contributed by atoms with van der Waals surface area (Å²) < 4.78 is 6.52. The van der Waals surface area contributed by atoms with Gasteiger partial charge in [-0.2, -0.15) is 0 Å². The molecule has 0 spiro atoms. The van der Waals surface area contributed by atoms with Crippen LogP contribution in [0.4, 0.5) is 5.95 Å². The summed E-state index contributed by atoms with van der Waals surface area (Å²) in [4.78, 5) is 15.6. The second kappa shape index (κ2) is 6.67. The van der Waals surface area contributed by atoms with Gasteiger partial charge in [0, 0.05) is 13.7 Å². The normalized spacial score (nSPS) is 10.4. The summed E-state index contributed by atoms with van der Waals surface area (Å²) >= 11 is 0. The fourth-order valence-electron chi connectivity index (χ4n) is 1.81.